The number of nitro benzene ring substituents is 1. The van der Waals surface area contributed by atoms with Crippen LogP contribution >= 0.6 is 0 Å². The number of anilines is 1. The van der Waals surface area contributed by atoms with Gasteiger partial charge in [0.1, 0.15) is 6.07 Å². The number of nitro groups is 1. The molecule has 1 aliphatic heterocycles. The van der Waals surface area contributed by atoms with Crippen LogP contribution in [0.5, 0.6) is 0 Å². The maximum atomic E-state index is 12.7. The van der Waals surface area contributed by atoms with Crippen molar-refractivity contribution in [1.82, 2.24) is 0 Å². The van der Waals surface area contributed by atoms with Gasteiger partial charge in [0.15, 0.2) is 0 Å². The summed E-state index contributed by atoms with van der Waals surface area (Å²) < 4.78 is 0. The Morgan fingerprint density at radius 3 is 2.61 bits per heavy atom. The fraction of sp³-hybridized carbons (Fsp3) is 0.100. The molecule has 1 atom stereocenters. The van der Waals surface area contributed by atoms with Gasteiger partial charge in [0, 0.05) is 17.7 Å². The van der Waals surface area contributed by atoms with Crippen molar-refractivity contribution in [1.29, 1.82) is 5.26 Å². The molecule has 0 saturated heterocycles. The Hall–Kier alpha value is -4.12. The molecule has 8 nitrogen and oxygen atoms in total. The fourth-order valence-electron chi connectivity index (χ4n) is 2.77. The summed E-state index contributed by atoms with van der Waals surface area (Å²) in [5, 5.41) is 25.8. The van der Waals surface area contributed by atoms with Crippen LogP contribution in [0, 0.1) is 27.4 Å². The first kappa shape index (κ1) is 18.7. The molecule has 0 fully saturated rings. The van der Waals surface area contributed by atoms with Gasteiger partial charge in [0.05, 0.1) is 27.8 Å². The molecule has 1 aliphatic rings. The SMILES string of the molecule is CC1=NN(c2ccccc2)C(=O)C1C=C(C#N)C(=O)c1cccc([N+](=O)[O-])c1. The van der Waals surface area contributed by atoms with Gasteiger partial charge in [0.2, 0.25) is 5.78 Å². The largest absolute Gasteiger partial charge is 0.288 e. The van der Waals surface area contributed by atoms with E-state index in [2.05, 4.69) is 5.10 Å². The van der Waals surface area contributed by atoms with Crippen molar-refractivity contribution in [3.05, 3.63) is 81.9 Å². The molecule has 1 amide bonds. The number of carbonyl (C=O) groups excluding carboxylic acids is 2. The number of nitriles is 1. The first-order chi connectivity index (χ1) is 13.4. The van der Waals surface area contributed by atoms with Gasteiger partial charge in [-0.3, -0.25) is 19.7 Å². The smallest absolute Gasteiger partial charge is 0.270 e. The number of carbonyl (C=O) groups is 2. The standard InChI is InChI=1S/C20H14N4O4/c1-13-18(20(26)23(22-13)16-7-3-2-4-8-16)11-15(12-21)19(25)14-6-5-9-17(10-14)24(27)28/h2-11,18H,1H3. The number of hydrogen-bond acceptors (Lipinski definition) is 6. The Morgan fingerprint density at radius 2 is 1.96 bits per heavy atom. The van der Waals surface area contributed by atoms with E-state index in [4.69, 9.17) is 0 Å². The van der Waals surface area contributed by atoms with Gasteiger partial charge >= 0.3 is 0 Å². The van der Waals surface area contributed by atoms with E-state index in [1.165, 1.54) is 29.3 Å². The zero-order valence-electron chi connectivity index (χ0n) is 14.8. The van der Waals surface area contributed by atoms with Crippen molar-refractivity contribution in [2.24, 2.45) is 11.0 Å². The van der Waals surface area contributed by atoms with E-state index in [1.54, 1.807) is 37.3 Å². The third-order valence-corrected chi connectivity index (χ3v) is 4.20. The minimum absolute atomic E-state index is 0.00181. The summed E-state index contributed by atoms with van der Waals surface area (Å²) in [5.74, 6) is -1.94. The number of para-hydroxylation sites is 1. The lowest BCUT2D eigenvalue weighted by molar-refractivity contribution is -0.384. The van der Waals surface area contributed by atoms with Gasteiger partial charge in [-0.1, -0.05) is 30.3 Å². The van der Waals surface area contributed by atoms with Gasteiger partial charge in [-0.2, -0.15) is 15.4 Å². The summed E-state index contributed by atoms with van der Waals surface area (Å²) in [6.07, 6.45) is 1.26. The minimum atomic E-state index is -0.863. The van der Waals surface area contributed by atoms with Gasteiger partial charge in [-0.05, 0) is 25.1 Å². The Kier molecular flexibility index (Phi) is 5.09. The van der Waals surface area contributed by atoms with Crippen LogP contribution < -0.4 is 5.01 Å². The molecule has 28 heavy (non-hydrogen) atoms. The third-order valence-electron chi connectivity index (χ3n) is 4.20. The van der Waals surface area contributed by atoms with E-state index in [-0.39, 0.29) is 22.7 Å². The molecule has 0 aromatic heterocycles. The van der Waals surface area contributed by atoms with E-state index in [1.807, 2.05) is 6.07 Å². The molecule has 0 bridgehead atoms. The molecular formula is C20H14N4O4. The summed E-state index contributed by atoms with van der Waals surface area (Å²) in [4.78, 5) is 35.6. The lowest BCUT2D eigenvalue weighted by Crippen LogP contribution is -2.26. The number of ketones is 1. The predicted molar refractivity (Wildman–Crippen MR) is 102 cm³/mol. The Morgan fingerprint density at radius 1 is 1.25 bits per heavy atom. The average molecular weight is 374 g/mol. The number of nitrogens with zero attached hydrogens (tertiary/aromatic N) is 4. The molecule has 0 aliphatic carbocycles. The number of rotatable bonds is 5. The summed E-state index contributed by atoms with van der Waals surface area (Å²) in [6, 6.07) is 15.7. The third kappa shape index (κ3) is 3.54. The lowest BCUT2D eigenvalue weighted by Gasteiger charge is -2.12. The highest BCUT2D eigenvalue weighted by atomic mass is 16.6. The number of allylic oxidation sites excluding steroid dienone is 1. The van der Waals surface area contributed by atoms with Crippen LogP contribution in [0.25, 0.3) is 0 Å². The Labute approximate surface area is 160 Å². The van der Waals surface area contributed by atoms with Crippen molar-refractivity contribution in [3.63, 3.8) is 0 Å². The van der Waals surface area contributed by atoms with Crippen molar-refractivity contribution in [2.45, 2.75) is 6.92 Å². The van der Waals surface area contributed by atoms with Gasteiger partial charge < -0.3 is 0 Å². The van der Waals surface area contributed by atoms with Gasteiger partial charge in [-0.25, -0.2) is 0 Å². The van der Waals surface area contributed by atoms with E-state index >= 15 is 0 Å². The normalized spacial score (nSPS) is 16.5. The van der Waals surface area contributed by atoms with Crippen molar-refractivity contribution in [3.8, 4) is 6.07 Å². The second-order valence-electron chi connectivity index (χ2n) is 6.03. The summed E-state index contributed by atoms with van der Waals surface area (Å²) >= 11 is 0. The van der Waals surface area contributed by atoms with Crippen LogP contribution in [-0.2, 0) is 4.79 Å². The number of hydrogen-bond donors (Lipinski definition) is 0. The van der Waals surface area contributed by atoms with E-state index in [0.717, 1.165) is 6.07 Å². The van der Waals surface area contributed by atoms with Crippen molar-refractivity contribution >= 4 is 28.8 Å². The molecular weight excluding hydrogens is 360 g/mol. The van der Waals surface area contributed by atoms with Gasteiger partial charge in [-0.15, -0.1) is 0 Å². The molecule has 3 rings (SSSR count). The highest BCUT2D eigenvalue weighted by Crippen LogP contribution is 2.26. The number of hydrazone groups is 1. The molecule has 0 radical (unpaired) electrons. The van der Waals surface area contributed by atoms with Crippen molar-refractivity contribution in [2.75, 3.05) is 5.01 Å². The zero-order valence-corrected chi connectivity index (χ0v) is 14.8. The topological polar surface area (TPSA) is 117 Å². The molecule has 8 heteroatoms. The van der Waals surface area contributed by atoms with E-state index in [0.29, 0.717) is 11.4 Å². The number of non-ortho nitro benzene ring substituents is 1. The van der Waals surface area contributed by atoms with Crippen LogP contribution in [0.15, 0.2) is 71.3 Å². The molecule has 0 N–H and O–H groups in total. The van der Waals surface area contributed by atoms with Crippen LogP contribution in [0.3, 0.4) is 0 Å². The summed E-state index contributed by atoms with van der Waals surface area (Å²) in [5.41, 5.74) is 0.484. The van der Waals surface area contributed by atoms with Crippen LogP contribution in [-0.4, -0.2) is 22.3 Å². The molecule has 1 unspecified atom stereocenters. The van der Waals surface area contributed by atoms with E-state index in [9.17, 15) is 25.0 Å². The highest BCUT2D eigenvalue weighted by molar-refractivity contribution is 6.18. The maximum absolute atomic E-state index is 12.7. The lowest BCUT2D eigenvalue weighted by atomic mass is 9.96. The predicted octanol–water partition coefficient (Wildman–Crippen LogP) is 3.27. The summed E-state index contributed by atoms with van der Waals surface area (Å²) in [6.45, 7) is 1.63. The Bertz CT molecular complexity index is 1070. The maximum Gasteiger partial charge on any atom is 0.270 e. The number of Topliss-reactive ketones (excluding diaryl/α,β-unsaturated/α-hetero) is 1. The Balaban J connectivity index is 1.91. The molecule has 2 aromatic carbocycles. The first-order valence-electron chi connectivity index (χ1n) is 8.27. The molecule has 2 aromatic rings. The quantitative estimate of drug-likeness (QED) is 0.262. The van der Waals surface area contributed by atoms with Crippen LogP contribution in [0.4, 0.5) is 11.4 Å². The van der Waals surface area contributed by atoms with E-state index < -0.39 is 16.6 Å². The van der Waals surface area contributed by atoms with Crippen molar-refractivity contribution < 1.29 is 14.5 Å². The molecule has 0 saturated carbocycles. The first-order valence-corrected chi connectivity index (χ1v) is 8.27. The van der Waals surface area contributed by atoms with Crippen LogP contribution in [0.1, 0.15) is 17.3 Å². The molecule has 1 heterocycles. The second kappa shape index (κ2) is 7.63. The zero-order chi connectivity index (χ0) is 20.3. The monoisotopic (exact) mass is 374 g/mol. The summed E-state index contributed by atoms with van der Waals surface area (Å²) in [7, 11) is 0. The average Bonchev–Trinajstić information content (AvgIpc) is 3.00. The number of benzene rings is 2. The van der Waals surface area contributed by atoms with Crippen LogP contribution in [0.2, 0.25) is 0 Å². The number of amides is 1. The molecule has 138 valence electrons. The second-order valence-corrected chi connectivity index (χ2v) is 6.03. The molecule has 0 spiro atoms. The van der Waals surface area contributed by atoms with Gasteiger partial charge in [0.25, 0.3) is 11.6 Å². The minimum Gasteiger partial charge on any atom is -0.288 e. The fourth-order valence-corrected chi connectivity index (χ4v) is 2.77. The highest BCUT2D eigenvalue weighted by Gasteiger charge is 2.34.